The number of carbonyl (C=O) groups is 2. The van der Waals surface area contributed by atoms with Crippen LogP contribution in [0.25, 0.3) is 0 Å². The van der Waals surface area contributed by atoms with Crippen molar-refractivity contribution in [2.45, 2.75) is 26.7 Å². The highest BCUT2D eigenvalue weighted by Gasteiger charge is 2.41. The van der Waals surface area contributed by atoms with Crippen LogP contribution in [0.5, 0.6) is 5.75 Å². The molecule has 2 fully saturated rings. The Hall–Kier alpha value is -2.34. The maximum Gasteiger partial charge on any atom is 0.254 e. The Kier molecular flexibility index (Phi) is 6.96. The van der Waals surface area contributed by atoms with Crippen molar-refractivity contribution in [1.29, 1.82) is 0 Å². The molecule has 0 bridgehead atoms. The normalized spacial score (nSPS) is 22.2. The van der Waals surface area contributed by atoms with Crippen molar-refractivity contribution < 1.29 is 14.3 Å². The SMILES string of the molecule is CC(C)C(=O)N1CCC(C2CN(C(=O)c3ccsc3)CC2COc2ccccc2)CC1. The van der Waals surface area contributed by atoms with Gasteiger partial charge in [0.1, 0.15) is 5.75 Å². The van der Waals surface area contributed by atoms with Crippen molar-refractivity contribution in [2.24, 2.45) is 23.7 Å². The summed E-state index contributed by atoms with van der Waals surface area (Å²) in [5.41, 5.74) is 0.783. The molecule has 1 aromatic carbocycles. The number of thiophene rings is 1. The standard InChI is InChI=1S/C25H32N2O3S/c1-18(2)24(28)26-11-8-19(9-12-26)23-15-27(25(29)20-10-13-31-17-20)14-21(23)16-30-22-6-4-3-5-7-22/h3-7,10,13,17-19,21,23H,8-9,11-12,14-16H2,1-2H3. The molecule has 0 aliphatic carbocycles. The van der Waals surface area contributed by atoms with Gasteiger partial charge in [0.15, 0.2) is 0 Å². The van der Waals surface area contributed by atoms with E-state index in [1.54, 1.807) is 11.3 Å². The summed E-state index contributed by atoms with van der Waals surface area (Å²) in [4.78, 5) is 29.4. The summed E-state index contributed by atoms with van der Waals surface area (Å²) < 4.78 is 6.12. The van der Waals surface area contributed by atoms with Crippen LogP contribution < -0.4 is 4.74 Å². The first kappa shape index (κ1) is 21.9. The van der Waals surface area contributed by atoms with Crippen LogP contribution in [0.1, 0.15) is 37.0 Å². The van der Waals surface area contributed by atoms with Gasteiger partial charge in [-0.2, -0.15) is 11.3 Å². The smallest absolute Gasteiger partial charge is 0.254 e. The first-order valence-electron chi connectivity index (χ1n) is 11.3. The highest BCUT2D eigenvalue weighted by Crippen LogP contribution is 2.37. The number of rotatable bonds is 6. The van der Waals surface area contributed by atoms with Crippen LogP contribution in [0, 0.1) is 23.7 Å². The van der Waals surface area contributed by atoms with E-state index in [9.17, 15) is 9.59 Å². The van der Waals surface area contributed by atoms with Gasteiger partial charge in [0, 0.05) is 43.4 Å². The van der Waals surface area contributed by atoms with Crippen molar-refractivity contribution in [2.75, 3.05) is 32.8 Å². The predicted molar refractivity (Wildman–Crippen MR) is 123 cm³/mol. The fraction of sp³-hybridized carbons (Fsp3) is 0.520. The minimum atomic E-state index is 0.0498. The molecule has 0 saturated carbocycles. The largest absolute Gasteiger partial charge is 0.493 e. The first-order valence-corrected chi connectivity index (χ1v) is 12.3. The molecule has 5 nitrogen and oxygen atoms in total. The van der Waals surface area contributed by atoms with Crippen LogP contribution in [-0.4, -0.2) is 54.4 Å². The third-order valence-electron chi connectivity index (χ3n) is 6.70. The van der Waals surface area contributed by atoms with Gasteiger partial charge in [-0.05, 0) is 48.3 Å². The monoisotopic (exact) mass is 440 g/mol. The maximum absolute atomic E-state index is 13.0. The zero-order chi connectivity index (χ0) is 21.8. The number of ether oxygens (including phenoxy) is 1. The number of likely N-dealkylation sites (tertiary alicyclic amines) is 2. The Bertz CT molecular complexity index is 860. The van der Waals surface area contributed by atoms with Gasteiger partial charge in [0.05, 0.1) is 12.2 Å². The maximum atomic E-state index is 13.0. The van der Waals surface area contributed by atoms with Gasteiger partial charge in [-0.3, -0.25) is 9.59 Å². The van der Waals surface area contributed by atoms with Crippen LogP contribution in [-0.2, 0) is 4.79 Å². The molecule has 0 N–H and O–H groups in total. The van der Waals surface area contributed by atoms with E-state index in [0.717, 1.165) is 50.3 Å². The number of benzene rings is 1. The van der Waals surface area contributed by atoms with Gasteiger partial charge in [-0.25, -0.2) is 0 Å². The fourth-order valence-corrected chi connectivity index (χ4v) is 5.60. The topological polar surface area (TPSA) is 49.9 Å². The van der Waals surface area contributed by atoms with E-state index in [1.165, 1.54) is 0 Å². The molecule has 2 atom stereocenters. The number of para-hydroxylation sites is 1. The molecule has 2 unspecified atom stereocenters. The van der Waals surface area contributed by atoms with E-state index >= 15 is 0 Å². The Morgan fingerprint density at radius 3 is 2.45 bits per heavy atom. The number of nitrogens with zero attached hydrogens (tertiary/aromatic N) is 2. The van der Waals surface area contributed by atoms with E-state index < -0.39 is 0 Å². The molecule has 2 amide bonds. The Morgan fingerprint density at radius 2 is 1.81 bits per heavy atom. The predicted octanol–water partition coefficient (Wildman–Crippen LogP) is 4.41. The highest BCUT2D eigenvalue weighted by atomic mass is 32.1. The van der Waals surface area contributed by atoms with Gasteiger partial charge in [0.25, 0.3) is 5.91 Å². The van der Waals surface area contributed by atoms with E-state index in [1.807, 2.05) is 70.8 Å². The van der Waals surface area contributed by atoms with E-state index in [2.05, 4.69) is 0 Å². The average molecular weight is 441 g/mol. The second-order valence-corrected chi connectivity index (χ2v) is 9.87. The molecule has 0 radical (unpaired) electrons. The lowest BCUT2D eigenvalue weighted by Gasteiger charge is -2.37. The zero-order valence-corrected chi connectivity index (χ0v) is 19.2. The van der Waals surface area contributed by atoms with Crippen molar-refractivity contribution in [1.82, 2.24) is 9.80 Å². The molecule has 2 aromatic rings. The Labute approximate surface area is 189 Å². The van der Waals surface area contributed by atoms with Gasteiger partial charge >= 0.3 is 0 Å². The van der Waals surface area contributed by atoms with Gasteiger partial charge in [0.2, 0.25) is 5.91 Å². The third kappa shape index (κ3) is 5.12. The Morgan fingerprint density at radius 1 is 1.06 bits per heavy atom. The van der Waals surface area contributed by atoms with Crippen molar-refractivity contribution in [3.63, 3.8) is 0 Å². The Balaban J connectivity index is 1.43. The first-order chi connectivity index (χ1) is 15.0. The number of piperidine rings is 1. The summed E-state index contributed by atoms with van der Waals surface area (Å²) in [6, 6.07) is 11.8. The lowest BCUT2D eigenvalue weighted by Crippen LogP contribution is -2.43. The molecule has 2 saturated heterocycles. The molecule has 2 aliphatic rings. The molecule has 3 heterocycles. The van der Waals surface area contributed by atoms with Gasteiger partial charge in [-0.1, -0.05) is 32.0 Å². The number of hydrogen-bond donors (Lipinski definition) is 0. The fourth-order valence-electron chi connectivity index (χ4n) is 4.97. The van der Waals surface area contributed by atoms with E-state index in [4.69, 9.17) is 4.74 Å². The summed E-state index contributed by atoms with van der Waals surface area (Å²) in [5.74, 6) is 2.53. The summed E-state index contributed by atoms with van der Waals surface area (Å²) >= 11 is 1.56. The number of hydrogen-bond acceptors (Lipinski definition) is 4. The van der Waals surface area contributed by atoms with Gasteiger partial charge < -0.3 is 14.5 Å². The van der Waals surface area contributed by atoms with Crippen molar-refractivity contribution in [3.8, 4) is 5.75 Å². The van der Waals surface area contributed by atoms with Crippen LogP contribution in [0.15, 0.2) is 47.2 Å². The summed E-state index contributed by atoms with van der Waals surface area (Å²) in [5, 5.41) is 3.89. The second-order valence-electron chi connectivity index (χ2n) is 9.09. The quantitative estimate of drug-likeness (QED) is 0.669. The molecule has 6 heteroatoms. The van der Waals surface area contributed by atoms with Crippen LogP contribution in [0.2, 0.25) is 0 Å². The zero-order valence-electron chi connectivity index (χ0n) is 18.4. The summed E-state index contributed by atoms with van der Waals surface area (Å²) in [7, 11) is 0. The molecule has 31 heavy (non-hydrogen) atoms. The van der Waals surface area contributed by atoms with Gasteiger partial charge in [-0.15, -0.1) is 0 Å². The molecule has 2 aliphatic heterocycles. The molecular formula is C25H32N2O3S. The molecule has 1 aromatic heterocycles. The molecule has 0 spiro atoms. The van der Waals surface area contributed by atoms with Crippen LogP contribution >= 0.6 is 11.3 Å². The molecule has 4 rings (SSSR count). The average Bonchev–Trinajstić information content (AvgIpc) is 3.48. The van der Waals surface area contributed by atoms with Crippen molar-refractivity contribution >= 4 is 23.2 Å². The third-order valence-corrected chi connectivity index (χ3v) is 7.39. The minimum absolute atomic E-state index is 0.0498. The lowest BCUT2D eigenvalue weighted by atomic mass is 9.78. The van der Waals surface area contributed by atoms with E-state index in [-0.39, 0.29) is 17.7 Å². The molecule has 166 valence electrons. The minimum Gasteiger partial charge on any atom is -0.493 e. The van der Waals surface area contributed by atoms with Crippen LogP contribution in [0.4, 0.5) is 0 Å². The number of carbonyl (C=O) groups excluding carboxylic acids is 2. The molecular weight excluding hydrogens is 408 g/mol. The summed E-state index contributed by atoms with van der Waals surface area (Å²) in [6.07, 6.45) is 2.01. The van der Waals surface area contributed by atoms with E-state index in [0.29, 0.717) is 24.4 Å². The second kappa shape index (κ2) is 9.86. The van der Waals surface area contributed by atoms with Crippen molar-refractivity contribution in [3.05, 3.63) is 52.7 Å². The van der Waals surface area contributed by atoms with Crippen LogP contribution in [0.3, 0.4) is 0 Å². The lowest BCUT2D eigenvalue weighted by molar-refractivity contribution is -0.136. The summed E-state index contributed by atoms with van der Waals surface area (Å²) in [6.45, 7) is 7.71. The number of amides is 2. The highest BCUT2D eigenvalue weighted by molar-refractivity contribution is 7.08.